The molecule has 6 nitrogen and oxygen atoms in total. The molecule has 0 aliphatic heterocycles. The molecule has 0 aromatic heterocycles. The quantitative estimate of drug-likeness (QED) is 0.546. The number of carbonyl (C=O) groups excluding carboxylic acids is 1. The Morgan fingerprint density at radius 3 is 2.68 bits per heavy atom. The topological polar surface area (TPSA) is 80.2 Å². The summed E-state index contributed by atoms with van der Waals surface area (Å²) in [6.45, 7) is 2.52. The Morgan fingerprint density at radius 2 is 2.04 bits per heavy atom. The number of ether oxygens (including phenoxy) is 2. The highest BCUT2D eigenvalue weighted by Crippen LogP contribution is 2.34. The minimum atomic E-state index is -0.231. The zero-order chi connectivity index (χ0) is 18.2. The molecule has 2 aromatic carbocycles. The number of amides is 1. The van der Waals surface area contributed by atoms with Gasteiger partial charge >= 0.3 is 0 Å². The van der Waals surface area contributed by atoms with Crippen LogP contribution in [0, 0.1) is 0 Å². The minimum absolute atomic E-state index is 0.0131. The van der Waals surface area contributed by atoms with E-state index in [0.29, 0.717) is 22.4 Å². The second-order valence-corrected chi connectivity index (χ2v) is 5.95. The number of benzene rings is 2. The van der Waals surface area contributed by atoms with Gasteiger partial charge < -0.3 is 14.6 Å². The number of aromatic hydroxyl groups is 1. The molecule has 0 spiro atoms. The average Bonchev–Trinajstić information content (AvgIpc) is 2.60. The second-order valence-electron chi connectivity index (χ2n) is 5.10. The number of phenols is 1. The first-order valence-electron chi connectivity index (χ1n) is 7.63. The van der Waals surface area contributed by atoms with Crippen LogP contribution in [0.1, 0.15) is 18.1 Å². The lowest BCUT2D eigenvalue weighted by molar-refractivity contribution is -0.120. The molecule has 0 aliphatic carbocycles. The Kier molecular flexibility index (Phi) is 6.82. The first-order valence-corrected chi connectivity index (χ1v) is 8.43. The van der Waals surface area contributed by atoms with Crippen molar-refractivity contribution in [3.63, 3.8) is 0 Å². The number of hydrazone groups is 1. The summed E-state index contributed by atoms with van der Waals surface area (Å²) >= 11 is 3.23. The van der Waals surface area contributed by atoms with Crippen molar-refractivity contribution < 1.29 is 19.4 Å². The van der Waals surface area contributed by atoms with Crippen LogP contribution in [-0.4, -0.2) is 30.9 Å². The number of rotatable bonds is 7. The van der Waals surface area contributed by atoms with E-state index in [1.807, 2.05) is 31.2 Å². The second kappa shape index (κ2) is 9.08. The lowest BCUT2D eigenvalue weighted by atomic mass is 10.1. The number of nitrogens with zero attached hydrogens (tertiary/aromatic N) is 1. The SMILES string of the molecule is CCOc1ccc(CC(=O)N/N=C/c2cc(Br)c(O)c(OC)c2)cc1. The van der Waals surface area contributed by atoms with Crippen molar-refractivity contribution >= 4 is 28.1 Å². The summed E-state index contributed by atoms with van der Waals surface area (Å²) in [6, 6.07) is 10.6. The monoisotopic (exact) mass is 406 g/mol. The predicted molar refractivity (Wildman–Crippen MR) is 99.4 cm³/mol. The van der Waals surface area contributed by atoms with Crippen LogP contribution in [0.25, 0.3) is 0 Å². The van der Waals surface area contributed by atoms with Crippen LogP contribution in [0.4, 0.5) is 0 Å². The van der Waals surface area contributed by atoms with Crippen LogP contribution in [0.2, 0.25) is 0 Å². The van der Waals surface area contributed by atoms with E-state index >= 15 is 0 Å². The van der Waals surface area contributed by atoms with E-state index in [1.54, 1.807) is 12.1 Å². The van der Waals surface area contributed by atoms with E-state index in [4.69, 9.17) is 9.47 Å². The zero-order valence-electron chi connectivity index (χ0n) is 14.0. The fraction of sp³-hybridized carbons (Fsp3) is 0.222. The van der Waals surface area contributed by atoms with Crippen molar-refractivity contribution in [2.45, 2.75) is 13.3 Å². The van der Waals surface area contributed by atoms with E-state index in [2.05, 4.69) is 26.5 Å². The molecule has 2 aromatic rings. The summed E-state index contributed by atoms with van der Waals surface area (Å²) in [7, 11) is 1.46. The number of phenolic OH excluding ortho intramolecular Hbond substituents is 1. The molecule has 0 unspecified atom stereocenters. The number of nitrogens with one attached hydrogen (secondary N) is 1. The van der Waals surface area contributed by atoms with Gasteiger partial charge in [-0.25, -0.2) is 5.43 Å². The van der Waals surface area contributed by atoms with E-state index in [-0.39, 0.29) is 18.1 Å². The first kappa shape index (κ1) is 18.8. The van der Waals surface area contributed by atoms with Gasteiger partial charge in [-0.1, -0.05) is 12.1 Å². The highest BCUT2D eigenvalue weighted by molar-refractivity contribution is 9.10. The van der Waals surface area contributed by atoms with Gasteiger partial charge in [-0.3, -0.25) is 4.79 Å². The fourth-order valence-corrected chi connectivity index (χ4v) is 2.56. The molecule has 132 valence electrons. The predicted octanol–water partition coefficient (Wildman–Crippen LogP) is 3.25. The van der Waals surface area contributed by atoms with E-state index in [9.17, 15) is 9.90 Å². The smallest absolute Gasteiger partial charge is 0.244 e. The Hall–Kier alpha value is -2.54. The Bertz CT molecular complexity index is 760. The number of halogens is 1. The Balaban J connectivity index is 1.93. The van der Waals surface area contributed by atoms with E-state index in [1.165, 1.54) is 13.3 Å². The van der Waals surface area contributed by atoms with Crippen LogP contribution < -0.4 is 14.9 Å². The fourth-order valence-electron chi connectivity index (χ4n) is 2.10. The third-order valence-electron chi connectivity index (χ3n) is 3.27. The molecule has 0 heterocycles. The molecule has 25 heavy (non-hydrogen) atoms. The van der Waals surface area contributed by atoms with Gasteiger partial charge in [0.05, 0.1) is 30.8 Å². The molecule has 0 saturated heterocycles. The van der Waals surface area contributed by atoms with Gasteiger partial charge in [0.1, 0.15) is 5.75 Å². The summed E-state index contributed by atoms with van der Waals surface area (Å²) < 4.78 is 10.9. The van der Waals surface area contributed by atoms with Crippen molar-refractivity contribution in [3.8, 4) is 17.2 Å². The third-order valence-corrected chi connectivity index (χ3v) is 3.88. The van der Waals surface area contributed by atoms with E-state index < -0.39 is 0 Å². The number of methoxy groups -OCH3 is 1. The number of hydrogen-bond acceptors (Lipinski definition) is 5. The normalized spacial score (nSPS) is 10.7. The molecule has 0 aliphatic rings. The van der Waals surface area contributed by atoms with Gasteiger partial charge in [0.25, 0.3) is 0 Å². The molecule has 0 saturated carbocycles. The first-order chi connectivity index (χ1) is 12.0. The average molecular weight is 407 g/mol. The van der Waals surface area contributed by atoms with Crippen molar-refractivity contribution in [2.75, 3.05) is 13.7 Å². The largest absolute Gasteiger partial charge is 0.503 e. The summed E-state index contributed by atoms with van der Waals surface area (Å²) in [6.07, 6.45) is 1.69. The van der Waals surface area contributed by atoms with Crippen molar-refractivity contribution in [3.05, 3.63) is 52.0 Å². The van der Waals surface area contributed by atoms with Crippen LogP contribution in [0.3, 0.4) is 0 Å². The lowest BCUT2D eigenvalue weighted by Gasteiger charge is -2.06. The summed E-state index contributed by atoms with van der Waals surface area (Å²) in [5.41, 5.74) is 4.01. The summed E-state index contributed by atoms with van der Waals surface area (Å²) in [5, 5.41) is 13.7. The van der Waals surface area contributed by atoms with Crippen molar-refractivity contribution in [1.29, 1.82) is 0 Å². The molecular formula is C18H19BrN2O4. The standard InChI is InChI=1S/C18H19BrN2O4/c1-3-25-14-6-4-12(5-7-14)10-17(22)21-20-11-13-8-15(19)18(23)16(9-13)24-2/h4-9,11,23H,3,10H2,1-2H3,(H,21,22)/b20-11+. The molecule has 2 N–H and O–H groups in total. The van der Waals surface area contributed by atoms with Gasteiger partial charge in [0.15, 0.2) is 11.5 Å². The molecule has 7 heteroatoms. The van der Waals surface area contributed by atoms with Crippen LogP contribution in [0.5, 0.6) is 17.2 Å². The molecule has 0 radical (unpaired) electrons. The van der Waals surface area contributed by atoms with Gasteiger partial charge in [-0.15, -0.1) is 0 Å². The number of carbonyl (C=O) groups is 1. The van der Waals surface area contributed by atoms with Gasteiger partial charge in [0, 0.05) is 0 Å². The molecule has 2 rings (SSSR count). The maximum Gasteiger partial charge on any atom is 0.244 e. The van der Waals surface area contributed by atoms with Gasteiger partial charge in [-0.05, 0) is 58.2 Å². The lowest BCUT2D eigenvalue weighted by Crippen LogP contribution is -2.19. The van der Waals surface area contributed by atoms with Crippen LogP contribution >= 0.6 is 15.9 Å². The van der Waals surface area contributed by atoms with Crippen LogP contribution in [0.15, 0.2) is 46.0 Å². The number of hydrogen-bond donors (Lipinski definition) is 2. The Labute approximate surface area is 154 Å². The third kappa shape index (κ3) is 5.49. The highest BCUT2D eigenvalue weighted by Gasteiger charge is 2.07. The molecular weight excluding hydrogens is 388 g/mol. The minimum Gasteiger partial charge on any atom is -0.503 e. The summed E-state index contributed by atoms with van der Waals surface area (Å²) in [4.78, 5) is 11.9. The maximum atomic E-state index is 11.9. The van der Waals surface area contributed by atoms with Crippen molar-refractivity contribution in [1.82, 2.24) is 5.43 Å². The van der Waals surface area contributed by atoms with Crippen LogP contribution in [-0.2, 0) is 11.2 Å². The van der Waals surface area contributed by atoms with E-state index in [0.717, 1.165) is 11.3 Å². The Morgan fingerprint density at radius 1 is 1.32 bits per heavy atom. The highest BCUT2D eigenvalue weighted by atomic mass is 79.9. The van der Waals surface area contributed by atoms with Gasteiger partial charge in [0.2, 0.25) is 5.91 Å². The summed E-state index contributed by atoms with van der Waals surface area (Å²) in [5.74, 6) is 0.873. The maximum absolute atomic E-state index is 11.9. The zero-order valence-corrected chi connectivity index (χ0v) is 15.5. The van der Waals surface area contributed by atoms with Gasteiger partial charge in [-0.2, -0.15) is 5.10 Å². The molecule has 0 atom stereocenters. The molecule has 0 bridgehead atoms. The van der Waals surface area contributed by atoms with Crippen molar-refractivity contribution in [2.24, 2.45) is 5.10 Å². The molecule has 1 amide bonds. The molecule has 0 fully saturated rings.